The number of pyridine rings is 1. The summed E-state index contributed by atoms with van der Waals surface area (Å²) >= 11 is 1.35. The van der Waals surface area contributed by atoms with E-state index in [1.807, 2.05) is 66.7 Å². The Kier molecular flexibility index (Phi) is 14.1. The van der Waals surface area contributed by atoms with Crippen molar-refractivity contribution in [3.8, 4) is 11.1 Å². The van der Waals surface area contributed by atoms with Crippen LogP contribution in [-0.4, -0.2) is 50.0 Å². The third kappa shape index (κ3) is 11.2. The van der Waals surface area contributed by atoms with E-state index >= 15 is 0 Å². The second-order valence-electron chi connectivity index (χ2n) is 12.4. The number of carbonyl (C=O) groups excluding carboxylic acids is 2. The third-order valence-electron chi connectivity index (χ3n) is 8.64. The molecular weight excluding hydrogens is 671 g/mol. The molecule has 11 nitrogen and oxygen atoms in total. The van der Waals surface area contributed by atoms with Gasteiger partial charge in [-0.15, -0.1) is 11.8 Å². The van der Waals surface area contributed by atoms with Gasteiger partial charge in [-0.3, -0.25) is 14.8 Å². The summed E-state index contributed by atoms with van der Waals surface area (Å²) in [6.07, 6.45) is 4.70. The monoisotopic (exact) mass is 713 g/mol. The van der Waals surface area contributed by atoms with Crippen LogP contribution in [0, 0.1) is 0 Å². The minimum Gasteiger partial charge on any atom is -0.478 e. The van der Waals surface area contributed by atoms with Crippen molar-refractivity contribution >= 4 is 29.5 Å². The highest BCUT2D eigenvalue weighted by Crippen LogP contribution is 2.40. The van der Waals surface area contributed by atoms with Crippen molar-refractivity contribution in [2.24, 2.45) is 0 Å². The first-order chi connectivity index (χ1) is 24.8. The van der Waals surface area contributed by atoms with Crippen LogP contribution in [0.3, 0.4) is 0 Å². The van der Waals surface area contributed by atoms with Crippen LogP contribution < -0.4 is 10.8 Å². The Morgan fingerprint density at radius 1 is 0.804 bits per heavy atom. The maximum absolute atomic E-state index is 12.4. The first-order valence-electron chi connectivity index (χ1n) is 17.0. The summed E-state index contributed by atoms with van der Waals surface area (Å²) in [6.45, 7) is 0.367. The maximum Gasteiger partial charge on any atom is 0.338 e. The van der Waals surface area contributed by atoms with Gasteiger partial charge in [0.2, 0.25) is 11.8 Å². The van der Waals surface area contributed by atoms with E-state index in [2.05, 4.69) is 16.4 Å². The first-order valence-corrected chi connectivity index (χ1v) is 18.0. The number of hydrogen-bond acceptors (Lipinski definition) is 9. The Bertz CT molecular complexity index is 1750. The second-order valence-corrected chi connectivity index (χ2v) is 13.4. The Morgan fingerprint density at radius 3 is 2.24 bits per heavy atom. The van der Waals surface area contributed by atoms with Crippen LogP contribution in [0.4, 0.5) is 0 Å². The molecule has 1 aliphatic heterocycles. The van der Waals surface area contributed by atoms with Crippen molar-refractivity contribution in [3.63, 3.8) is 0 Å². The van der Waals surface area contributed by atoms with E-state index in [0.717, 1.165) is 52.6 Å². The Balaban J connectivity index is 1.20. The molecule has 3 aromatic carbocycles. The number of carbonyl (C=O) groups is 3. The molecule has 0 unspecified atom stereocenters. The number of unbranched alkanes of at least 4 members (excludes halogenated alkanes) is 3. The average Bonchev–Trinajstić information content (AvgIpc) is 3.17. The van der Waals surface area contributed by atoms with Gasteiger partial charge in [0.1, 0.15) is 5.03 Å². The zero-order valence-corrected chi connectivity index (χ0v) is 29.0. The number of aliphatic hydroxyl groups excluding tert-OH is 1. The molecule has 1 saturated heterocycles. The summed E-state index contributed by atoms with van der Waals surface area (Å²) in [5, 5.41) is 31.1. The van der Waals surface area contributed by atoms with Gasteiger partial charge in [-0.25, -0.2) is 15.3 Å². The van der Waals surface area contributed by atoms with Gasteiger partial charge in [0.25, 0.3) is 0 Å². The van der Waals surface area contributed by atoms with Crippen LogP contribution in [0.1, 0.15) is 90.0 Å². The topological polar surface area (TPSA) is 167 Å². The van der Waals surface area contributed by atoms with E-state index in [4.69, 9.17) is 14.7 Å². The molecule has 12 heteroatoms. The fraction of sp³-hybridized carbons (Fsp3) is 0.333. The number of carboxylic acid groups (broad SMARTS) is 1. The number of hydrogen-bond donors (Lipinski definition) is 5. The van der Waals surface area contributed by atoms with E-state index in [1.165, 1.54) is 11.8 Å². The lowest BCUT2D eigenvalue weighted by Crippen LogP contribution is -2.31. The Hall–Kier alpha value is -4.59. The second kappa shape index (κ2) is 19.1. The summed E-state index contributed by atoms with van der Waals surface area (Å²) in [4.78, 5) is 39.5. The van der Waals surface area contributed by atoms with E-state index in [0.29, 0.717) is 36.6 Å². The molecule has 1 aliphatic rings. The highest BCUT2D eigenvalue weighted by atomic mass is 32.2. The van der Waals surface area contributed by atoms with Gasteiger partial charge in [0.15, 0.2) is 6.29 Å². The van der Waals surface area contributed by atoms with Crippen LogP contribution in [0.15, 0.2) is 96.2 Å². The molecule has 4 aromatic rings. The number of amides is 2. The molecule has 1 aromatic heterocycles. The molecule has 2 amide bonds. The van der Waals surface area contributed by atoms with Crippen LogP contribution in [0.2, 0.25) is 0 Å². The van der Waals surface area contributed by atoms with Gasteiger partial charge in [0.05, 0.1) is 24.4 Å². The number of nitrogens with one attached hydrogen (secondary N) is 2. The molecule has 1 fully saturated rings. The molecule has 0 radical (unpaired) electrons. The summed E-state index contributed by atoms with van der Waals surface area (Å²) in [6, 6.07) is 26.8. The normalized spacial score (nSPS) is 17.1. The van der Waals surface area contributed by atoms with Gasteiger partial charge < -0.3 is 25.0 Å². The third-order valence-corrected chi connectivity index (χ3v) is 9.77. The average molecular weight is 714 g/mol. The number of ether oxygens (including phenoxy) is 2. The number of benzene rings is 3. The number of aromatic carboxylic acids is 1. The predicted octanol–water partition coefficient (Wildman–Crippen LogP) is 6.74. The fourth-order valence-electron chi connectivity index (χ4n) is 5.83. The number of aromatic nitrogens is 1. The van der Waals surface area contributed by atoms with Crippen LogP contribution in [-0.2, 0) is 32.2 Å². The van der Waals surface area contributed by atoms with Crippen molar-refractivity contribution in [2.75, 3.05) is 5.75 Å². The zero-order valence-electron chi connectivity index (χ0n) is 28.2. The largest absolute Gasteiger partial charge is 0.478 e. The molecule has 0 aliphatic carbocycles. The van der Waals surface area contributed by atoms with Gasteiger partial charge >= 0.3 is 5.97 Å². The summed E-state index contributed by atoms with van der Waals surface area (Å²) in [7, 11) is 0. The quantitative estimate of drug-likeness (QED) is 0.0342. The highest BCUT2D eigenvalue weighted by Gasteiger charge is 2.32. The Morgan fingerprint density at radius 2 is 1.53 bits per heavy atom. The Labute approximate surface area is 301 Å². The van der Waals surface area contributed by atoms with Gasteiger partial charge in [-0.05, 0) is 58.9 Å². The molecule has 3 atom stereocenters. The van der Waals surface area contributed by atoms with E-state index in [-0.39, 0.29) is 36.7 Å². The molecule has 2 heterocycles. The maximum atomic E-state index is 12.4. The lowest BCUT2D eigenvalue weighted by atomic mass is 9.99. The van der Waals surface area contributed by atoms with Gasteiger partial charge in [0, 0.05) is 43.3 Å². The summed E-state index contributed by atoms with van der Waals surface area (Å²) in [5.41, 5.74) is 7.38. The number of aliphatic hydroxyl groups is 1. The minimum atomic E-state index is -1.03. The molecular formula is C39H43N3O8S. The highest BCUT2D eigenvalue weighted by molar-refractivity contribution is 7.99. The lowest BCUT2D eigenvalue weighted by Gasteiger charge is -2.36. The van der Waals surface area contributed by atoms with E-state index < -0.39 is 18.2 Å². The van der Waals surface area contributed by atoms with E-state index in [9.17, 15) is 24.6 Å². The summed E-state index contributed by atoms with van der Waals surface area (Å²) < 4.78 is 12.9. The van der Waals surface area contributed by atoms with E-state index in [1.54, 1.807) is 23.8 Å². The fourth-order valence-corrected chi connectivity index (χ4v) is 6.83. The zero-order chi connectivity index (χ0) is 36.0. The number of nitrogens with zero attached hydrogens (tertiary/aromatic N) is 1. The molecule has 0 saturated carbocycles. The summed E-state index contributed by atoms with van der Waals surface area (Å²) in [5.74, 6) is -0.960. The number of rotatable bonds is 17. The smallest absolute Gasteiger partial charge is 0.338 e. The van der Waals surface area contributed by atoms with Crippen LogP contribution in [0.25, 0.3) is 11.1 Å². The minimum absolute atomic E-state index is 0.0213. The molecule has 5 N–H and O–H groups in total. The molecule has 0 spiro atoms. The van der Waals surface area contributed by atoms with Gasteiger partial charge in [-0.2, -0.15) is 0 Å². The molecule has 268 valence electrons. The van der Waals surface area contributed by atoms with Gasteiger partial charge in [-0.1, -0.05) is 79.6 Å². The molecule has 5 rings (SSSR count). The van der Waals surface area contributed by atoms with Crippen molar-refractivity contribution in [3.05, 3.63) is 119 Å². The first kappa shape index (κ1) is 37.7. The number of thioether (sulfide) groups is 1. The van der Waals surface area contributed by atoms with Crippen molar-refractivity contribution in [2.45, 2.75) is 81.6 Å². The van der Waals surface area contributed by atoms with Crippen molar-refractivity contribution < 1.29 is 39.3 Å². The molecule has 51 heavy (non-hydrogen) atoms. The van der Waals surface area contributed by atoms with Crippen molar-refractivity contribution in [1.82, 2.24) is 15.8 Å². The number of carboxylic acids is 1. The van der Waals surface area contributed by atoms with Crippen LogP contribution >= 0.6 is 11.8 Å². The SMILES string of the molecule is O=C(CCCCCCC(=O)NCc1cccc(-c2ccc([C@H]3O[C@@H](CSc4ncccc4C(=O)O)C[C@@H](c4ccc(CO)cc4)O3)cc2)c1)NO. The van der Waals surface area contributed by atoms with Crippen molar-refractivity contribution in [1.29, 1.82) is 0 Å². The lowest BCUT2D eigenvalue weighted by molar-refractivity contribution is -0.245. The van der Waals surface area contributed by atoms with Crippen LogP contribution in [0.5, 0.6) is 0 Å². The molecule has 0 bridgehead atoms. The predicted molar refractivity (Wildman–Crippen MR) is 192 cm³/mol. The standard InChI is InChI=1S/C39H43N3O8S/c43-24-26-12-14-29(15-13-26)34-22-32(25-51-37-33(38(46)47)9-6-20-40-37)49-39(50-34)30-18-16-28(17-19-30)31-8-5-7-27(21-31)23-41-35(44)10-3-1-2-4-11-36(45)42-48/h5-9,12-21,32,34,39,43,48H,1-4,10-11,22-25H2,(H,41,44)(H,42,45)(H,46,47)/t32-,34+,39+/m1/s1. The number of hydroxylamine groups is 1.